The smallest absolute Gasteiger partial charge is 0.255 e. The number of nitrogens with zero attached hydrogens (tertiary/aromatic N) is 2. The quantitative estimate of drug-likeness (QED) is 0.854. The first-order chi connectivity index (χ1) is 12.6. The number of likely N-dealkylation sites (tertiary alicyclic amines) is 2. The maximum Gasteiger partial charge on any atom is 0.255 e. The number of aromatic nitrogens is 1. The highest BCUT2D eigenvalue weighted by Gasteiger charge is 2.50. The lowest BCUT2D eigenvalue weighted by Crippen LogP contribution is -2.55. The van der Waals surface area contributed by atoms with Gasteiger partial charge in [-0.1, -0.05) is 0 Å². The molecule has 1 N–H and O–H groups in total. The van der Waals surface area contributed by atoms with Gasteiger partial charge in [-0.15, -0.1) is 0 Å². The second-order valence-corrected chi connectivity index (χ2v) is 7.64. The zero-order valence-corrected chi connectivity index (χ0v) is 14.9. The van der Waals surface area contributed by atoms with Gasteiger partial charge < -0.3 is 19.5 Å². The second-order valence-electron chi connectivity index (χ2n) is 7.64. The van der Waals surface area contributed by atoms with Crippen LogP contribution >= 0.6 is 0 Å². The summed E-state index contributed by atoms with van der Waals surface area (Å²) >= 11 is 0. The number of pyridine rings is 1. The molecule has 0 aliphatic carbocycles. The molecule has 1 aromatic rings. The van der Waals surface area contributed by atoms with E-state index >= 15 is 0 Å². The Morgan fingerprint density at radius 3 is 2.69 bits per heavy atom. The number of piperidine rings is 1. The maximum absolute atomic E-state index is 13.3. The molecule has 26 heavy (non-hydrogen) atoms. The SMILES string of the molecule is O=C(c1ccc(=O)[nH]c1)N1CCC2(CCCN(C3CCOCC3)C2=O)C1. The van der Waals surface area contributed by atoms with Crippen LogP contribution < -0.4 is 5.56 Å². The number of aromatic amines is 1. The largest absolute Gasteiger partial charge is 0.381 e. The normalized spacial score (nSPS) is 27.3. The van der Waals surface area contributed by atoms with Gasteiger partial charge in [0.1, 0.15) is 0 Å². The molecule has 0 saturated carbocycles. The highest BCUT2D eigenvalue weighted by Crippen LogP contribution is 2.41. The van der Waals surface area contributed by atoms with Gasteiger partial charge in [-0.05, 0) is 38.2 Å². The van der Waals surface area contributed by atoms with Crippen LogP contribution in [0, 0.1) is 5.41 Å². The van der Waals surface area contributed by atoms with E-state index in [1.54, 1.807) is 11.0 Å². The van der Waals surface area contributed by atoms with Crippen LogP contribution in [0.2, 0.25) is 0 Å². The molecule has 1 aromatic heterocycles. The van der Waals surface area contributed by atoms with Gasteiger partial charge >= 0.3 is 0 Å². The summed E-state index contributed by atoms with van der Waals surface area (Å²) in [6.45, 7) is 3.32. The highest BCUT2D eigenvalue weighted by molar-refractivity contribution is 5.95. The van der Waals surface area contributed by atoms with Gasteiger partial charge in [0.15, 0.2) is 0 Å². The molecular formula is C19H25N3O4. The van der Waals surface area contributed by atoms with Crippen LogP contribution in [0.5, 0.6) is 0 Å². The molecule has 0 radical (unpaired) electrons. The zero-order valence-electron chi connectivity index (χ0n) is 14.9. The van der Waals surface area contributed by atoms with Crippen LogP contribution in [0.4, 0.5) is 0 Å². The Morgan fingerprint density at radius 1 is 1.15 bits per heavy atom. The van der Waals surface area contributed by atoms with Crippen LogP contribution in [0.15, 0.2) is 23.1 Å². The fraction of sp³-hybridized carbons (Fsp3) is 0.632. The van der Waals surface area contributed by atoms with Crippen molar-refractivity contribution in [2.75, 3.05) is 32.8 Å². The number of hydrogen-bond donors (Lipinski definition) is 1. The molecule has 4 heterocycles. The summed E-state index contributed by atoms with van der Waals surface area (Å²) < 4.78 is 5.43. The summed E-state index contributed by atoms with van der Waals surface area (Å²) in [6, 6.07) is 3.18. The van der Waals surface area contributed by atoms with Crippen LogP contribution in [-0.2, 0) is 9.53 Å². The number of nitrogens with one attached hydrogen (secondary N) is 1. The van der Waals surface area contributed by atoms with E-state index in [-0.39, 0.29) is 23.4 Å². The third kappa shape index (κ3) is 3.05. The van der Waals surface area contributed by atoms with Crippen LogP contribution in [-0.4, -0.2) is 65.5 Å². The molecular weight excluding hydrogens is 334 g/mol. The maximum atomic E-state index is 13.3. The van der Waals surface area contributed by atoms with Crippen molar-refractivity contribution in [3.05, 3.63) is 34.2 Å². The molecule has 4 rings (SSSR count). The number of carbonyl (C=O) groups is 2. The van der Waals surface area contributed by atoms with E-state index in [1.165, 1.54) is 12.3 Å². The fourth-order valence-corrected chi connectivity index (χ4v) is 4.60. The van der Waals surface area contributed by atoms with Crippen molar-refractivity contribution in [3.63, 3.8) is 0 Å². The summed E-state index contributed by atoms with van der Waals surface area (Å²) in [7, 11) is 0. The van der Waals surface area contributed by atoms with E-state index in [0.717, 1.165) is 51.9 Å². The fourth-order valence-electron chi connectivity index (χ4n) is 4.60. The summed E-state index contributed by atoms with van der Waals surface area (Å²) in [5, 5.41) is 0. The average molecular weight is 359 g/mol. The van der Waals surface area contributed by atoms with Crippen LogP contribution in [0.3, 0.4) is 0 Å². The lowest BCUT2D eigenvalue weighted by molar-refractivity contribution is -0.150. The van der Waals surface area contributed by atoms with Crippen LogP contribution in [0.1, 0.15) is 42.5 Å². The molecule has 3 aliphatic rings. The van der Waals surface area contributed by atoms with E-state index in [9.17, 15) is 14.4 Å². The number of hydrogen-bond acceptors (Lipinski definition) is 4. The van der Waals surface area contributed by atoms with Crippen molar-refractivity contribution in [1.82, 2.24) is 14.8 Å². The van der Waals surface area contributed by atoms with Gasteiger partial charge in [0.25, 0.3) is 5.91 Å². The first-order valence-corrected chi connectivity index (χ1v) is 9.46. The number of carbonyl (C=O) groups excluding carboxylic acids is 2. The van der Waals surface area contributed by atoms with Crippen molar-refractivity contribution in [3.8, 4) is 0 Å². The van der Waals surface area contributed by atoms with Crippen molar-refractivity contribution in [2.24, 2.45) is 5.41 Å². The predicted octanol–water partition coefficient (Wildman–Crippen LogP) is 1.01. The lowest BCUT2D eigenvalue weighted by Gasteiger charge is -2.44. The van der Waals surface area contributed by atoms with Gasteiger partial charge in [-0.2, -0.15) is 0 Å². The van der Waals surface area contributed by atoms with E-state index < -0.39 is 5.41 Å². The third-order valence-corrected chi connectivity index (χ3v) is 6.07. The summed E-state index contributed by atoms with van der Waals surface area (Å²) in [4.78, 5) is 43.6. The highest BCUT2D eigenvalue weighted by atomic mass is 16.5. The Morgan fingerprint density at radius 2 is 1.96 bits per heavy atom. The minimum absolute atomic E-state index is 0.117. The molecule has 7 nitrogen and oxygen atoms in total. The van der Waals surface area contributed by atoms with Gasteiger partial charge in [0.05, 0.1) is 11.0 Å². The van der Waals surface area contributed by atoms with E-state index in [0.29, 0.717) is 18.7 Å². The molecule has 3 saturated heterocycles. The molecule has 0 aromatic carbocycles. The Labute approximate surface area is 152 Å². The van der Waals surface area contributed by atoms with Crippen molar-refractivity contribution in [2.45, 2.75) is 38.1 Å². The summed E-state index contributed by atoms with van der Waals surface area (Å²) in [6.07, 6.45) is 5.82. The first-order valence-electron chi connectivity index (χ1n) is 9.46. The monoisotopic (exact) mass is 359 g/mol. The summed E-state index contributed by atoms with van der Waals surface area (Å²) in [5.41, 5.74) is -0.200. The minimum atomic E-state index is -0.436. The topological polar surface area (TPSA) is 82.7 Å². The molecule has 0 bridgehead atoms. The lowest BCUT2D eigenvalue weighted by atomic mass is 9.77. The van der Waals surface area contributed by atoms with Crippen molar-refractivity contribution in [1.29, 1.82) is 0 Å². The average Bonchev–Trinajstić information content (AvgIpc) is 3.10. The van der Waals surface area contributed by atoms with E-state index in [1.807, 2.05) is 0 Å². The molecule has 3 aliphatic heterocycles. The molecule has 3 fully saturated rings. The Kier molecular flexibility index (Phi) is 4.56. The molecule has 2 amide bonds. The Hall–Kier alpha value is -2.15. The number of amides is 2. The summed E-state index contributed by atoms with van der Waals surface area (Å²) in [5.74, 6) is 0.0986. The molecule has 1 unspecified atom stereocenters. The van der Waals surface area contributed by atoms with Gasteiger partial charge in [-0.25, -0.2) is 0 Å². The van der Waals surface area contributed by atoms with Crippen molar-refractivity contribution >= 4 is 11.8 Å². The third-order valence-electron chi connectivity index (χ3n) is 6.07. The number of ether oxygens (including phenoxy) is 1. The van der Waals surface area contributed by atoms with Gasteiger partial charge in [0, 0.05) is 51.2 Å². The van der Waals surface area contributed by atoms with Gasteiger partial charge in [0.2, 0.25) is 11.5 Å². The Balaban J connectivity index is 1.48. The molecule has 1 spiro atoms. The molecule has 1 atom stereocenters. The number of H-pyrrole nitrogens is 1. The number of rotatable bonds is 2. The minimum Gasteiger partial charge on any atom is -0.381 e. The van der Waals surface area contributed by atoms with Crippen LogP contribution in [0.25, 0.3) is 0 Å². The molecule has 7 heteroatoms. The molecule has 140 valence electrons. The zero-order chi connectivity index (χ0) is 18.1. The standard InChI is InChI=1S/C19H25N3O4/c23-16-3-2-14(12-20-16)17(24)21-9-7-19(13-21)6-1-8-22(18(19)25)15-4-10-26-11-5-15/h2-3,12,15H,1,4-11,13H2,(H,20,23). The Bertz CT molecular complexity index is 735. The van der Waals surface area contributed by atoms with Gasteiger partial charge in [-0.3, -0.25) is 14.4 Å². The first kappa shape index (κ1) is 17.3. The van der Waals surface area contributed by atoms with E-state index in [2.05, 4.69) is 9.88 Å². The second kappa shape index (κ2) is 6.87. The van der Waals surface area contributed by atoms with E-state index in [4.69, 9.17) is 4.74 Å². The predicted molar refractivity (Wildman–Crippen MR) is 94.8 cm³/mol. The van der Waals surface area contributed by atoms with Crippen molar-refractivity contribution < 1.29 is 14.3 Å².